The number of likely N-dealkylation sites (N-methyl/N-ethyl adjacent to an activating group) is 1. The van der Waals surface area contributed by atoms with Crippen molar-refractivity contribution in [3.8, 4) is 0 Å². The molecule has 0 aromatic carbocycles. The summed E-state index contributed by atoms with van der Waals surface area (Å²) in [6.07, 6.45) is 26.3. The quantitative estimate of drug-likeness (QED) is 0.0769. The molecule has 0 aliphatic carbocycles. The molecule has 2 fully saturated rings. The van der Waals surface area contributed by atoms with Crippen LogP contribution in [-0.2, 0) is 13.3 Å². The van der Waals surface area contributed by atoms with Crippen LogP contribution >= 0.6 is 0 Å². The Bertz CT molecular complexity index is 598. The molecule has 38 heavy (non-hydrogen) atoms. The molecule has 2 bridgehead atoms. The maximum atomic E-state index is 6.52. The van der Waals surface area contributed by atoms with Crippen LogP contribution in [0.2, 0.25) is 6.04 Å². The summed E-state index contributed by atoms with van der Waals surface area (Å²) in [5, 5.41) is 0. The third-order valence-electron chi connectivity index (χ3n) is 9.63. The van der Waals surface area contributed by atoms with Gasteiger partial charge >= 0.3 is 8.80 Å². The smallest absolute Gasteiger partial charge is 0.373 e. The van der Waals surface area contributed by atoms with Gasteiger partial charge in [0, 0.05) is 38.5 Å². The molecule has 0 aromatic rings. The van der Waals surface area contributed by atoms with Crippen LogP contribution in [0.3, 0.4) is 0 Å². The summed E-state index contributed by atoms with van der Waals surface area (Å²) in [5.74, 6) is 0. The fraction of sp³-hybridized carbons (Fsp3) is 1.00. The molecule has 0 radical (unpaired) electrons. The molecule has 2 heterocycles. The second-order valence-electron chi connectivity index (χ2n) is 14.2. The fourth-order valence-electron chi connectivity index (χ4n) is 6.44. The van der Waals surface area contributed by atoms with Gasteiger partial charge in [0.1, 0.15) is 5.54 Å². The minimum absolute atomic E-state index is 0.133. The third kappa shape index (κ3) is 12.7. The van der Waals surface area contributed by atoms with Gasteiger partial charge in [-0.2, -0.15) is 0 Å². The van der Waals surface area contributed by atoms with E-state index in [0.29, 0.717) is 0 Å². The van der Waals surface area contributed by atoms with E-state index in [-0.39, 0.29) is 5.54 Å². The Balaban J connectivity index is 1.47. The molecule has 0 amide bonds. The highest BCUT2D eigenvalue weighted by atomic mass is 28.4. The minimum atomic E-state index is -2.51. The number of unbranched alkanes of at least 4 members (excludes halogenated alkanes) is 15. The van der Waals surface area contributed by atoms with Crippen LogP contribution in [0, 0.1) is 0 Å². The Kier molecular flexibility index (Phi) is 16.0. The first-order valence-electron chi connectivity index (χ1n) is 16.7. The molecule has 0 saturated carbocycles. The maximum Gasteiger partial charge on any atom is 0.501 e. The first kappa shape index (κ1) is 34.2. The minimum Gasteiger partial charge on any atom is -0.373 e. The monoisotopic (exact) mass is 556 g/mol. The molecule has 5 nitrogen and oxygen atoms in total. The Labute approximate surface area is 239 Å². The van der Waals surface area contributed by atoms with Gasteiger partial charge in [-0.05, 0) is 12.8 Å². The van der Waals surface area contributed by atoms with Gasteiger partial charge in [-0.1, -0.05) is 96.8 Å². The summed E-state index contributed by atoms with van der Waals surface area (Å²) in [6.45, 7) is 7.14. The second-order valence-corrected chi connectivity index (χ2v) is 16.9. The molecule has 2 aliphatic heterocycles. The van der Waals surface area contributed by atoms with E-state index in [4.69, 9.17) is 13.3 Å². The van der Waals surface area contributed by atoms with Gasteiger partial charge in [0.2, 0.25) is 0 Å². The zero-order chi connectivity index (χ0) is 27.8. The predicted octanol–water partition coefficient (Wildman–Crippen LogP) is 7.96. The van der Waals surface area contributed by atoms with Crippen LogP contribution in [0.25, 0.3) is 0 Å². The molecule has 0 N–H and O–H groups in total. The van der Waals surface area contributed by atoms with Crippen molar-refractivity contribution in [1.82, 2.24) is 0 Å². The average Bonchev–Trinajstić information content (AvgIpc) is 3.15. The SMILES string of the molecule is CCCCCCCCCCCCCCCCCC[N+](C)(C)CCC[Si]12OCCC([N+](C)(C)C)(CCO1)CO2. The number of hydrogen-bond donors (Lipinski definition) is 0. The van der Waals surface area contributed by atoms with E-state index in [9.17, 15) is 0 Å². The number of quaternary nitrogens is 2. The van der Waals surface area contributed by atoms with E-state index in [1.165, 1.54) is 116 Å². The lowest BCUT2D eigenvalue weighted by Gasteiger charge is -2.45. The molecular formula is C32H68N2O3Si+2. The van der Waals surface area contributed by atoms with Crippen molar-refractivity contribution in [3.05, 3.63) is 0 Å². The Morgan fingerprint density at radius 3 is 1.42 bits per heavy atom. The summed E-state index contributed by atoms with van der Waals surface area (Å²) in [5.41, 5.74) is 0.133. The van der Waals surface area contributed by atoms with Crippen molar-refractivity contribution in [2.45, 2.75) is 141 Å². The van der Waals surface area contributed by atoms with Gasteiger partial charge in [0.25, 0.3) is 0 Å². The van der Waals surface area contributed by atoms with Crippen LogP contribution in [0.5, 0.6) is 0 Å². The van der Waals surface area contributed by atoms with E-state index in [2.05, 4.69) is 42.2 Å². The van der Waals surface area contributed by atoms with E-state index < -0.39 is 8.80 Å². The fourth-order valence-corrected chi connectivity index (χ4v) is 9.02. The van der Waals surface area contributed by atoms with Crippen LogP contribution < -0.4 is 0 Å². The lowest BCUT2D eigenvalue weighted by Crippen LogP contribution is -2.60. The van der Waals surface area contributed by atoms with Gasteiger partial charge in [-0.3, -0.25) is 0 Å². The number of hydrogen-bond acceptors (Lipinski definition) is 3. The highest BCUT2D eigenvalue weighted by Gasteiger charge is 2.54. The molecule has 2 aliphatic rings. The zero-order valence-electron chi connectivity index (χ0n) is 26.8. The summed E-state index contributed by atoms with van der Waals surface area (Å²) in [6, 6.07) is 0.973. The molecule has 0 aromatic heterocycles. The summed E-state index contributed by atoms with van der Waals surface area (Å²) >= 11 is 0. The summed E-state index contributed by atoms with van der Waals surface area (Å²) < 4.78 is 21.3. The first-order valence-corrected chi connectivity index (χ1v) is 18.6. The van der Waals surface area contributed by atoms with Crippen LogP contribution in [0.1, 0.15) is 129 Å². The Morgan fingerprint density at radius 1 is 0.553 bits per heavy atom. The van der Waals surface area contributed by atoms with Gasteiger partial charge in [0.05, 0.1) is 54.9 Å². The molecule has 2 rings (SSSR count). The van der Waals surface area contributed by atoms with E-state index >= 15 is 0 Å². The molecule has 0 atom stereocenters. The standard InChI is InChI=1S/C32H68N2O3Si/c1-7-8-9-10-11-12-13-14-15-16-17-18-19-20-21-22-26-34(5,6)27-23-30-38-35-28-24-32(31-37-38,25-29-36-38)33(2,3)4/h7-31H2,1-6H3/q+2. The number of rotatable bonds is 22. The van der Waals surface area contributed by atoms with Crippen molar-refractivity contribution in [2.24, 2.45) is 0 Å². The van der Waals surface area contributed by atoms with Crippen LogP contribution in [0.15, 0.2) is 0 Å². The van der Waals surface area contributed by atoms with Crippen molar-refractivity contribution in [3.63, 3.8) is 0 Å². The van der Waals surface area contributed by atoms with E-state index in [1.54, 1.807) is 0 Å². The first-order chi connectivity index (χ1) is 18.1. The van der Waals surface area contributed by atoms with E-state index in [1.807, 2.05) is 0 Å². The van der Waals surface area contributed by atoms with Crippen molar-refractivity contribution in [1.29, 1.82) is 0 Å². The largest absolute Gasteiger partial charge is 0.501 e. The van der Waals surface area contributed by atoms with E-state index in [0.717, 1.165) is 54.1 Å². The molecule has 0 spiro atoms. The van der Waals surface area contributed by atoms with Gasteiger partial charge in [0.15, 0.2) is 0 Å². The predicted molar refractivity (Wildman–Crippen MR) is 164 cm³/mol. The normalized spacial score (nSPS) is 24.5. The van der Waals surface area contributed by atoms with Crippen molar-refractivity contribution >= 4 is 8.80 Å². The Morgan fingerprint density at radius 2 is 0.974 bits per heavy atom. The lowest BCUT2D eigenvalue weighted by atomic mass is 9.89. The number of nitrogens with zero attached hydrogens (tertiary/aromatic N) is 2. The molecule has 6 heteroatoms. The Hall–Kier alpha value is 0.0169. The molecule has 0 unspecified atom stereocenters. The second kappa shape index (κ2) is 17.7. The summed E-state index contributed by atoms with van der Waals surface area (Å²) in [7, 11) is 9.16. The van der Waals surface area contributed by atoms with Crippen molar-refractivity contribution in [2.75, 3.05) is 68.1 Å². The van der Waals surface area contributed by atoms with Gasteiger partial charge in [-0.15, -0.1) is 0 Å². The zero-order valence-corrected chi connectivity index (χ0v) is 27.8. The average molecular weight is 557 g/mol. The summed E-state index contributed by atoms with van der Waals surface area (Å²) in [4.78, 5) is 0. The molecule has 2 saturated heterocycles. The van der Waals surface area contributed by atoms with Crippen LogP contribution in [0.4, 0.5) is 0 Å². The topological polar surface area (TPSA) is 27.7 Å². The van der Waals surface area contributed by atoms with Crippen molar-refractivity contribution < 1.29 is 22.2 Å². The number of fused-ring (bicyclic) bond motifs is 3. The molecular weight excluding hydrogens is 488 g/mol. The maximum absolute atomic E-state index is 6.52. The molecule has 226 valence electrons. The lowest BCUT2D eigenvalue weighted by molar-refractivity contribution is -0.925. The highest BCUT2D eigenvalue weighted by molar-refractivity contribution is 6.60. The third-order valence-corrected chi connectivity index (χ3v) is 12.5. The van der Waals surface area contributed by atoms with Gasteiger partial charge in [-0.25, -0.2) is 0 Å². The van der Waals surface area contributed by atoms with Gasteiger partial charge < -0.3 is 22.2 Å². The highest BCUT2D eigenvalue weighted by Crippen LogP contribution is 2.37. The van der Waals surface area contributed by atoms with Crippen LogP contribution in [-0.4, -0.2) is 91.5 Å².